The lowest BCUT2D eigenvalue weighted by Gasteiger charge is -2.34. The smallest absolute Gasteiger partial charge is 0.359 e. The Labute approximate surface area is 219 Å². The van der Waals surface area contributed by atoms with E-state index in [1.54, 1.807) is 0 Å². The molecule has 36 heavy (non-hydrogen) atoms. The zero-order valence-corrected chi connectivity index (χ0v) is 22.9. The van der Waals surface area contributed by atoms with Crippen molar-refractivity contribution < 1.29 is 34.2 Å². The van der Waals surface area contributed by atoms with E-state index in [4.69, 9.17) is 15.3 Å². The fourth-order valence-electron chi connectivity index (χ4n) is 4.85. The molecule has 0 spiro atoms. The Morgan fingerprint density at radius 2 is 0.806 bits per heavy atom. The van der Waals surface area contributed by atoms with Crippen LogP contribution in [0.4, 0.5) is 0 Å². The van der Waals surface area contributed by atoms with Crippen LogP contribution in [0.2, 0.25) is 0 Å². The molecule has 0 saturated carbocycles. The van der Waals surface area contributed by atoms with Gasteiger partial charge in [0.15, 0.2) is 19.6 Å². The molecule has 0 aromatic carbocycles. The Morgan fingerprint density at radius 3 is 1.14 bits per heavy atom. The van der Waals surface area contributed by atoms with Gasteiger partial charge >= 0.3 is 17.9 Å². The molecule has 0 heterocycles. The van der Waals surface area contributed by atoms with Crippen LogP contribution in [-0.4, -0.2) is 63.9 Å². The first-order valence-corrected chi connectivity index (χ1v) is 14.5. The molecule has 7 nitrogen and oxygen atoms in total. The van der Waals surface area contributed by atoms with Crippen LogP contribution in [0.25, 0.3) is 0 Å². The molecule has 0 aliphatic rings. The number of carboxylic acids is 3. The molecule has 0 unspecified atom stereocenters. The number of carbonyl (C=O) groups is 3. The molecule has 7 heteroatoms. The third kappa shape index (κ3) is 22.6. The van der Waals surface area contributed by atoms with Crippen LogP contribution >= 0.6 is 0 Å². The number of unbranched alkanes of at least 4 members (excludes halogenated alkanes) is 17. The first kappa shape index (κ1) is 34.1. The second-order valence-electron chi connectivity index (χ2n) is 10.4. The van der Waals surface area contributed by atoms with E-state index in [0.29, 0.717) is 6.42 Å². The molecule has 0 aliphatic carbocycles. The van der Waals surface area contributed by atoms with Crippen LogP contribution in [0.15, 0.2) is 12.2 Å². The molecule has 0 fully saturated rings. The minimum absolute atomic E-state index is 0.265. The van der Waals surface area contributed by atoms with Crippen molar-refractivity contribution in [3.63, 3.8) is 0 Å². The summed E-state index contributed by atoms with van der Waals surface area (Å²) >= 11 is 0. The average Bonchev–Trinajstić information content (AvgIpc) is 2.78. The summed E-state index contributed by atoms with van der Waals surface area (Å²) in [5, 5.41) is 27.4. The molecule has 0 rings (SSSR count). The molecule has 0 aromatic rings. The van der Waals surface area contributed by atoms with Crippen LogP contribution in [0.5, 0.6) is 0 Å². The summed E-state index contributed by atoms with van der Waals surface area (Å²) in [7, 11) is 0. The maximum Gasteiger partial charge on any atom is 0.359 e. The molecular formula is C29H54NO6+. The van der Waals surface area contributed by atoms with Gasteiger partial charge in [-0.1, -0.05) is 109 Å². The van der Waals surface area contributed by atoms with Crippen LogP contribution in [0, 0.1) is 0 Å². The van der Waals surface area contributed by atoms with Crippen molar-refractivity contribution in [2.75, 3.05) is 26.2 Å². The molecule has 0 saturated heterocycles. The maximum atomic E-state index is 11.2. The van der Waals surface area contributed by atoms with E-state index < -0.39 is 42.0 Å². The number of aliphatic carboxylic acids is 3. The molecule has 0 amide bonds. The standard InChI is InChI=1S/C29H53NO6/c1-2-3-4-5-6-7-8-9-10-11-12-13-14-15-16-17-18-19-20-21-22-23-30(24-27(31)32,25-28(33)34)26-29(35)36/h4-5H,2-3,6-26H2,1H3,(H2-,31,32,33,34,35,36)/p+1/b5-4+. The highest BCUT2D eigenvalue weighted by Crippen LogP contribution is 2.16. The second-order valence-corrected chi connectivity index (χ2v) is 10.4. The first-order valence-electron chi connectivity index (χ1n) is 14.5. The van der Waals surface area contributed by atoms with Crippen molar-refractivity contribution in [2.24, 2.45) is 0 Å². The Balaban J connectivity index is 3.65. The van der Waals surface area contributed by atoms with Gasteiger partial charge < -0.3 is 15.3 Å². The van der Waals surface area contributed by atoms with Gasteiger partial charge in [0, 0.05) is 0 Å². The van der Waals surface area contributed by atoms with Crippen LogP contribution < -0.4 is 0 Å². The number of allylic oxidation sites excluding steroid dienone is 2. The van der Waals surface area contributed by atoms with Crippen LogP contribution in [0.1, 0.15) is 129 Å². The lowest BCUT2D eigenvalue weighted by Crippen LogP contribution is -2.57. The third-order valence-electron chi connectivity index (χ3n) is 6.79. The summed E-state index contributed by atoms with van der Waals surface area (Å²) in [6.07, 6.45) is 27.9. The summed E-state index contributed by atoms with van der Waals surface area (Å²) in [5.74, 6) is -3.50. The number of nitrogens with zero attached hydrogens (tertiary/aromatic N) is 1. The highest BCUT2D eigenvalue weighted by atomic mass is 16.4. The van der Waals surface area contributed by atoms with E-state index in [2.05, 4.69) is 19.1 Å². The molecule has 0 aliphatic heterocycles. The van der Waals surface area contributed by atoms with Gasteiger partial charge in [0.25, 0.3) is 0 Å². The summed E-state index contributed by atoms with van der Waals surface area (Å²) in [4.78, 5) is 33.6. The predicted octanol–water partition coefficient (Wildman–Crippen LogP) is 7.05. The van der Waals surface area contributed by atoms with Crippen molar-refractivity contribution in [1.82, 2.24) is 0 Å². The lowest BCUT2D eigenvalue weighted by molar-refractivity contribution is -0.907. The molecule has 3 N–H and O–H groups in total. The minimum atomic E-state index is -1.17. The van der Waals surface area contributed by atoms with Crippen molar-refractivity contribution in [3.8, 4) is 0 Å². The third-order valence-corrected chi connectivity index (χ3v) is 6.79. The highest BCUT2D eigenvalue weighted by molar-refractivity contribution is 5.73. The van der Waals surface area contributed by atoms with E-state index >= 15 is 0 Å². The molecule has 0 radical (unpaired) electrons. The monoisotopic (exact) mass is 512 g/mol. The zero-order chi connectivity index (χ0) is 26.9. The highest BCUT2D eigenvalue weighted by Gasteiger charge is 2.35. The Hall–Kier alpha value is -1.89. The number of quaternary nitrogens is 1. The van der Waals surface area contributed by atoms with Gasteiger partial charge in [-0.25, -0.2) is 14.4 Å². The quantitative estimate of drug-likeness (QED) is 0.0618. The van der Waals surface area contributed by atoms with Crippen molar-refractivity contribution in [1.29, 1.82) is 0 Å². The van der Waals surface area contributed by atoms with Gasteiger partial charge in [0.05, 0.1) is 6.54 Å². The Morgan fingerprint density at radius 1 is 0.500 bits per heavy atom. The SMILES string of the molecule is CCC/C=C/CCCCCCCCCCCCCCCCCC[N+](CC(=O)O)(CC(=O)O)CC(=O)O. The van der Waals surface area contributed by atoms with Crippen molar-refractivity contribution in [2.45, 2.75) is 129 Å². The number of rotatable bonds is 27. The largest absolute Gasteiger partial charge is 0.477 e. The minimum Gasteiger partial charge on any atom is -0.477 e. The summed E-state index contributed by atoms with van der Waals surface area (Å²) in [6, 6.07) is 0. The van der Waals surface area contributed by atoms with Crippen LogP contribution in [-0.2, 0) is 14.4 Å². The summed E-state index contributed by atoms with van der Waals surface area (Å²) in [6.45, 7) is 1.05. The number of carboxylic acid groups (broad SMARTS) is 3. The lowest BCUT2D eigenvalue weighted by atomic mass is 10.0. The van der Waals surface area contributed by atoms with Gasteiger partial charge in [0.2, 0.25) is 0 Å². The zero-order valence-electron chi connectivity index (χ0n) is 22.9. The molecule has 0 bridgehead atoms. The van der Waals surface area contributed by atoms with E-state index in [0.717, 1.165) is 19.3 Å². The average molecular weight is 513 g/mol. The molecule has 210 valence electrons. The Kier molecular flexibility index (Phi) is 22.3. The van der Waals surface area contributed by atoms with Crippen molar-refractivity contribution in [3.05, 3.63) is 12.2 Å². The van der Waals surface area contributed by atoms with Gasteiger partial charge in [-0.3, -0.25) is 4.48 Å². The topological polar surface area (TPSA) is 112 Å². The summed E-state index contributed by atoms with van der Waals surface area (Å²) in [5.41, 5.74) is 0. The fraction of sp³-hybridized carbons (Fsp3) is 0.828. The molecular weight excluding hydrogens is 458 g/mol. The van der Waals surface area contributed by atoms with Gasteiger partial charge in [0.1, 0.15) is 0 Å². The van der Waals surface area contributed by atoms with Gasteiger partial charge in [-0.2, -0.15) is 0 Å². The maximum absolute atomic E-state index is 11.2. The number of hydrogen-bond acceptors (Lipinski definition) is 3. The van der Waals surface area contributed by atoms with Crippen molar-refractivity contribution >= 4 is 17.9 Å². The van der Waals surface area contributed by atoms with Crippen LogP contribution in [0.3, 0.4) is 0 Å². The fourth-order valence-corrected chi connectivity index (χ4v) is 4.85. The van der Waals surface area contributed by atoms with Gasteiger partial charge in [-0.05, 0) is 32.1 Å². The number of hydrogen-bond donors (Lipinski definition) is 3. The first-order chi connectivity index (χ1) is 17.3. The van der Waals surface area contributed by atoms with E-state index in [1.165, 1.54) is 96.3 Å². The molecule has 0 aromatic heterocycles. The second kappa shape index (κ2) is 23.5. The van der Waals surface area contributed by atoms with Gasteiger partial charge in [-0.15, -0.1) is 0 Å². The Bertz CT molecular complexity index is 564. The summed E-state index contributed by atoms with van der Waals surface area (Å²) < 4.78 is -0.434. The van der Waals surface area contributed by atoms with E-state index in [1.807, 2.05) is 0 Å². The van der Waals surface area contributed by atoms with E-state index in [9.17, 15) is 14.4 Å². The molecule has 0 atom stereocenters. The normalized spacial score (nSPS) is 11.8. The predicted molar refractivity (Wildman–Crippen MR) is 145 cm³/mol. The van der Waals surface area contributed by atoms with E-state index in [-0.39, 0.29) is 6.54 Å².